The Labute approximate surface area is 125 Å². The molecule has 0 spiro atoms. The van der Waals surface area contributed by atoms with Crippen LogP contribution in [0, 0.1) is 5.92 Å². The van der Waals surface area contributed by atoms with Gasteiger partial charge in [-0.05, 0) is 44.7 Å². The zero-order valence-electron chi connectivity index (χ0n) is 12.7. The first-order valence-electron chi connectivity index (χ1n) is 7.94. The number of nitrogens with one attached hydrogen (secondary N) is 1. The summed E-state index contributed by atoms with van der Waals surface area (Å²) in [5.41, 5.74) is 0. The van der Waals surface area contributed by atoms with Crippen molar-refractivity contribution in [3.05, 3.63) is 0 Å². The van der Waals surface area contributed by atoms with Gasteiger partial charge >= 0.3 is 5.97 Å². The van der Waals surface area contributed by atoms with Crippen molar-refractivity contribution in [2.24, 2.45) is 5.92 Å². The number of carboxylic acids is 1. The Balaban J connectivity index is 1.65. The van der Waals surface area contributed by atoms with Gasteiger partial charge in [-0.15, -0.1) is 0 Å². The predicted molar refractivity (Wildman–Crippen MR) is 78.0 cm³/mol. The highest BCUT2D eigenvalue weighted by Gasteiger charge is 2.34. The molecule has 0 aromatic rings. The lowest BCUT2D eigenvalue weighted by Crippen LogP contribution is -2.41. The lowest BCUT2D eigenvalue weighted by atomic mass is 10.1. The fourth-order valence-corrected chi connectivity index (χ4v) is 3.05. The normalized spacial score (nSPS) is 28.2. The lowest BCUT2D eigenvalue weighted by molar-refractivity contribution is -0.151. The van der Waals surface area contributed by atoms with E-state index in [0.29, 0.717) is 25.3 Å². The summed E-state index contributed by atoms with van der Waals surface area (Å²) in [6.45, 7) is 6.07. The molecule has 2 saturated heterocycles. The van der Waals surface area contributed by atoms with E-state index >= 15 is 0 Å². The van der Waals surface area contributed by atoms with Gasteiger partial charge in [-0.1, -0.05) is 13.3 Å². The summed E-state index contributed by atoms with van der Waals surface area (Å²) in [5.74, 6) is -0.767. The summed E-state index contributed by atoms with van der Waals surface area (Å²) in [4.78, 5) is 25.2. The Morgan fingerprint density at radius 2 is 1.90 bits per heavy atom. The SMILES string of the molecule is CC(CNC(=O)[C@@H]1CC[C@H](C(=O)O)O1)CN1CCCCC1. The average Bonchev–Trinajstić information content (AvgIpc) is 2.96. The van der Waals surface area contributed by atoms with Crippen LogP contribution in [0.5, 0.6) is 0 Å². The van der Waals surface area contributed by atoms with Crippen molar-refractivity contribution in [1.29, 1.82) is 0 Å². The Morgan fingerprint density at radius 1 is 1.24 bits per heavy atom. The van der Waals surface area contributed by atoms with Crippen LogP contribution in [-0.2, 0) is 14.3 Å². The maximum atomic E-state index is 12.0. The number of likely N-dealkylation sites (tertiary alicyclic amines) is 1. The van der Waals surface area contributed by atoms with Crippen molar-refractivity contribution in [2.45, 2.75) is 51.2 Å². The molecule has 6 nitrogen and oxygen atoms in total. The molecule has 21 heavy (non-hydrogen) atoms. The van der Waals surface area contributed by atoms with Gasteiger partial charge < -0.3 is 20.1 Å². The van der Waals surface area contributed by atoms with E-state index in [1.807, 2.05) is 0 Å². The number of hydrogen-bond donors (Lipinski definition) is 2. The predicted octanol–water partition coefficient (Wildman–Crippen LogP) is 0.857. The summed E-state index contributed by atoms with van der Waals surface area (Å²) >= 11 is 0. The van der Waals surface area contributed by atoms with Crippen LogP contribution < -0.4 is 5.32 Å². The van der Waals surface area contributed by atoms with Crippen molar-refractivity contribution in [1.82, 2.24) is 10.2 Å². The maximum Gasteiger partial charge on any atom is 0.332 e. The largest absolute Gasteiger partial charge is 0.479 e. The number of ether oxygens (including phenoxy) is 1. The van der Waals surface area contributed by atoms with Crippen LogP contribution in [-0.4, -0.2) is 60.3 Å². The van der Waals surface area contributed by atoms with Gasteiger partial charge in [-0.2, -0.15) is 0 Å². The van der Waals surface area contributed by atoms with Crippen LogP contribution in [0.15, 0.2) is 0 Å². The van der Waals surface area contributed by atoms with Gasteiger partial charge in [-0.25, -0.2) is 4.79 Å². The van der Waals surface area contributed by atoms with Gasteiger partial charge in [0.1, 0.15) is 6.10 Å². The molecule has 120 valence electrons. The number of amides is 1. The zero-order chi connectivity index (χ0) is 15.2. The molecule has 0 aliphatic carbocycles. The molecular formula is C15H26N2O4. The summed E-state index contributed by atoms with van der Waals surface area (Å²) in [5, 5.41) is 11.7. The van der Waals surface area contributed by atoms with Crippen molar-refractivity contribution < 1.29 is 19.4 Å². The number of carboxylic acid groups (broad SMARTS) is 1. The van der Waals surface area contributed by atoms with Gasteiger partial charge in [0.05, 0.1) is 0 Å². The number of carbonyl (C=O) groups is 2. The third-order valence-corrected chi connectivity index (χ3v) is 4.23. The summed E-state index contributed by atoms with van der Waals surface area (Å²) in [6, 6.07) is 0. The Kier molecular flexibility index (Phi) is 5.99. The minimum atomic E-state index is -0.983. The third-order valence-electron chi connectivity index (χ3n) is 4.23. The average molecular weight is 298 g/mol. The fourth-order valence-electron chi connectivity index (χ4n) is 3.05. The molecule has 0 aromatic carbocycles. The van der Waals surface area contributed by atoms with E-state index in [1.54, 1.807) is 0 Å². The maximum absolute atomic E-state index is 12.0. The van der Waals surface area contributed by atoms with Gasteiger partial charge in [0.2, 0.25) is 5.91 Å². The van der Waals surface area contributed by atoms with E-state index in [1.165, 1.54) is 19.3 Å². The summed E-state index contributed by atoms with van der Waals surface area (Å²) in [7, 11) is 0. The number of piperidine rings is 1. The number of rotatable bonds is 6. The zero-order valence-corrected chi connectivity index (χ0v) is 12.7. The molecule has 0 aromatic heterocycles. The molecule has 2 aliphatic heterocycles. The Bertz CT molecular complexity index is 369. The second kappa shape index (κ2) is 7.75. The van der Waals surface area contributed by atoms with E-state index in [2.05, 4.69) is 17.1 Å². The molecule has 1 unspecified atom stereocenters. The number of nitrogens with zero attached hydrogens (tertiary/aromatic N) is 1. The van der Waals surface area contributed by atoms with Crippen molar-refractivity contribution in [2.75, 3.05) is 26.2 Å². The van der Waals surface area contributed by atoms with E-state index in [-0.39, 0.29) is 5.91 Å². The molecule has 0 radical (unpaired) electrons. The molecule has 6 heteroatoms. The highest BCUT2D eigenvalue weighted by molar-refractivity contribution is 5.82. The third kappa shape index (κ3) is 4.97. The lowest BCUT2D eigenvalue weighted by Gasteiger charge is -2.29. The highest BCUT2D eigenvalue weighted by Crippen LogP contribution is 2.20. The molecule has 3 atom stereocenters. The van der Waals surface area contributed by atoms with Crippen LogP contribution in [0.4, 0.5) is 0 Å². The van der Waals surface area contributed by atoms with Gasteiger partial charge in [0.25, 0.3) is 0 Å². The van der Waals surface area contributed by atoms with Crippen molar-refractivity contribution in [3.8, 4) is 0 Å². The minimum Gasteiger partial charge on any atom is -0.479 e. The Morgan fingerprint density at radius 3 is 2.52 bits per heavy atom. The smallest absolute Gasteiger partial charge is 0.332 e. The second-order valence-electron chi connectivity index (χ2n) is 6.24. The molecule has 0 saturated carbocycles. The number of carbonyl (C=O) groups excluding carboxylic acids is 1. The molecule has 2 heterocycles. The first kappa shape index (κ1) is 16.2. The topological polar surface area (TPSA) is 78.9 Å². The monoisotopic (exact) mass is 298 g/mol. The molecule has 0 bridgehead atoms. The summed E-state index contributed by atoms with van der Waals surface area (Å²) < 4.78 is 5.24. The van der Waals surface area contributed by atoms with Crippen LogP contribution in [0.2, 0.25) is 0 Å². The number of aliphatic carboxylic acids is 1. The first-order chi connectivity index (χ1) is 10.1. The minimum absolute atomic E-state index is 0.177. The number of hydrogen-bond acceptors (Lipinski definition) is 4. The van der Waals surface area contributed by atoms with Gasteiger partial charge in [-0.3, -0.25) is 4.79 Å². The van der Waals surface area contributed by atoms with E-state index in [0.717, 1.165) is 19.6 Å². The van der Waals surface area contributed by atoms with E-state index in [4.69, 9.17) is 9.84 Å². The molecule has 2 rings (SSSR count). The highest BCUT2D eigenvalue weighted by atomic mass is 16.5. The quantitative estimate of drug-likeness (QED) is 0.760. The van der Waals surface area contributed by atoms with Crippen LogP contribution in [0.3, 0.4) is 0 Å². The molecule has 2 aliphatic rings. The molecule has 2 fully saturated rings. The van der Waals surface area contributed by atoms with Crippen LogP contribution >= 0.6 is 0 Å². The van der Waals surface area contributed by atoms with E-state index < -0.39 is 18.2 Å². The summed E-state index contributed by atoms with van der Waals surface area (Å²) in [6.07, 6.45) is 3.34. The molecule has 2 N–H and O–H groups in total. The van der Waals surface area contributed by atoms with Crippen LogP contribution in [0.25, 0.3) is 0 Å². The molecule has 1 amide bonds. The molecular weight excluding hydrogens is 272 g/mol. The van der Waals surface area contributed by atoms with Gasteiger partial charge in [0, 0.05) is 13.1 Å². The second-order valence-corrected chi connectivity index (χ2v) is 6.24. The van der Waals surface area contributed by atoms with Crippen molar-refractivity contribution >= 4 is 11.9 Å². The standard InChI is InChI=1S/C15H26N2O4/c1-11(10-17-7-3-2-4-8-17)9-16-14(18)12-5-6-13(21-12)15(19)20/h11-13H,2-10H2,1H3,(H,16,18)(H,19,20)/t11?,12-,13+/m0/s1. The first-order valence-corrected chi connectivity index (χ1v) is 7.94. The van der Waals surface area contributed by atoms with Gasteiger partial charge in [0.15, 0.2) is 6.10 Å². The van der Waals surface area contributed by atoms with Crippen LogP contribution in [0.1, 0.15) is 39.0 Å². The van der Waals surface area contributed by atoms with E-state index in [9.17, 15) is 9.59 Å². The van der Waals surface area contributed by atoms with Crippen molar-refractivity contribution in [3.63, 3.8) is 0 Å². The Hall–Kier alpha value is -1.14. The fraction of sp³-hybridized carbons (Fsp3) is 0.867.